The first-order chi connectivity index (χ1) is 14.5. The van der Waals surface area contributed by atoms with Gasteiger partial charge in [-0.15, -0.1) is 0 Å². The highest BCUT2D eigenvalue weighted by Gasteiger charge is 2.32. The summed E-state index contributed by atoms with van der Waals surface area (Å²) in [6, 6.07) is 13.7. The fraction of sp³-hybridized carbons (Fsp3) is 0.458. The Morgan fingerprint density at radius 3 is 2.45 bits per heavy atom. The molecule has 31 heavy (non-hydrogen) atoms. The molecule has 1 atom stereocenters. The minimum Gasteiger partial charge on any atom is -0.362 e. The molecule has 1 unspecified atom stereocenters. The number of nitrogens with zero attached hydrogens (tertiary/aromatic N) is 2. The molecule has 2 aromatic carbocycles. The number of likely N-dealkylation sites (tertiary alicyclic amines) is 1. The van der Waals surface area contributed by atoms with Crippen molar-refractivity contribution in [1.82, 2.24) is 4.90 Å². The molecule has 166 valence electrons. The number of hydrogen-bond acceptors (Lipinski definition) is 4. The SMILES string of the molecule is CC(C)(C)c1ccc(C2CCCN2C(=O)CN2CCc3ccc(S(N)(=O)=O)cc32)cc1. The van der Waals surface area contributed by atoms with Gasteiger partial charge in [0.2, 0.25) is 15.9 Å². The molecule has 1 amide bonds. The summed E-state index contributed by atoms with van der Waals surface area (Å²) < 4.78 is 23.5. The summed E-state index contributed by atoms with van der Waals surface area (Å²) in [4.78, 5) is 17.3. The van der Waals surface area contributed by atoms with Crippen molar-refractivity contribution in [2.75, 3.05) is 24.5 Å². The Morgan fingerprint density at radius 2 is 1.81 bits per heavy atom. The Kier molecular flexibility index (Phi) is 5.60. The maximum atomic E-state index is 13.2. The molecule has 1 saturated heterocycles. The van der Waals surface area contributed by atoms with Gasteiger partial charge in [-0.05, 0) is 53.5 Å². The zero-order valence-electron chi connectivity index (χ0n) is 18.5. The van der Waals surface area contributed by atoms with Crippen molar-refractivity contribution in [2.24, 2.45) is 5.14 Å². The van der Waals surface area contributed by atoms with Crippen molar-refractivity contribution in [1.29, 1.82) is 0 Å². The number of amides is 1. The van der Waals surface area contributed by atoms with Crippen LogP contribution >= 0.6 is 0 Å². The number of benzene rings is 2. The lowest BCUT2D eigenvalue weighted by Crippen LogP contribution is -2.39. The lowest BCUT2D eigenvalue weighted by molar-refractivity contribution is -0.130. The largest absolute Gasteiger partial charge is 0.362 e. The predicted octanol–water partition coefficient (Wildman–Crippen LogP) is 3.36. The van der Waals surface area contributed by atoms with E-state index in [9.17, 15) is 13.2 Å². The quantitative estimate of drug-likeness (QED) is 0.789. The average molecular weight is 442 g/mol. The third-order valence-electron chi connectivity index (χ3n) is 6.44. The summed E-state index contributed by atoms with van der Waals surface area (Å²) in [7, 11) is -3.77. The molecule has 7 heteroatoms. The average Bonchev–Trinajstić information content (AvgIpc) is 3.34. The Balaban J connectivity index is 1.51. The maximum absolute atomic E-state index is 13.2. The summed E-state index contributed by atoms with van der Waals surface area (Å²) in [6.07, 6.45) is 2.75. The molecule has 0 spiro atoms. The zero-order valence-corrected chi connectivity index (χ0v) is 19.3. The van der Waals surface area contributed by atoms with Gasteiger partial charge in [-0.1, -0.05) is 51.1 Å². The number of anilines is 1. The van der Waals surface area contributed by atoms with Gasteiger partial charge in [0.25, 0.3) is 0 Å². The van der Waals surface area contributed by atoms with Gasteiger partial charge < -0.3 is 9.80 Å². The standard InChI is InChI=1S/C24H31N3O3S/c1-24(2,3)19-9-6-17(7-10-19)21-5-4-13-27(21)23(28)16-26-14-12-18-8-11-20(15-22(18)26)31(25,29)30/h6-11,15,21H,4-5,12-14,16H2,1-3H3,(H2,25,29,30). The molecule has 4 rings (SSSR count). The molecule has 2 aliphatic heterocycles. The highest BCUT2D eigenvalue weighted by Crippen LogP contribution is 2.35. The minimum atomic E-state index is -3.77. The van der Waals surface area contributed by atoms with Crippen molar-refractivity contribution >= 4 is 21.6 Å². The molecule has 2 aromatic rings. The van der Waals surface area contributed by atoms with E-state index in [4.69, 9.17) is 5.14 Å². The molecular formula is C24H31N3O3S. The first kappa shape index (κ1) is 21.8. The molecular weight excluding hydrogens is 410 g/mol. The second kappa shape index (κ2) is 7.95. The van der Waals surface area contributed by atoms with Crippen LogP contribution in [0, 0.1) is 0 Å². The van der Waals surface area contributed by atoms with E-state index in [1.54, 1.807) is 12.1 Å². The van der Waals surface area contributed by atoms with Gasteiger partial charge in [-0.3, -0.25) is 4.79 Å². The van der Waals surface area contributed by atoms with E-state index in [0.717, 1.165) is 37.1 Å². The lowest BCUT2D eigenvalue weighted by Gasteiger charge is -2.29. The summed E-state index contributed by atoms with van der Waals surface area (Å²) in [6.45, 7) is 8.29. The smallest absolute Gasteiger partial charge is 0.242 e. The summed E-state index contributed by atoms with van der Waals surface area (Å²) in [5.41, 5.74) is 4.41. The van der Waals surface area contributed by atoms with E-state index in [-0.39, 0.29) is 28.8 Å². The summed E-state index contributed by atoms with van der Waals surface area (Å²) in [5, 5.41) is 5.30. The van der Waals surface area contributed by atoms with Crippen molar-refractivity contribution in [3.05, 3.63) is 59.2 Å². The molecule has 0 radical (unpaired) electrons. The predicted molar refractivity (Wildman–Crippen MR) is 123 cm³/mol. The van der Waals surface area contributed by atoms with Gasteiger partial charge in [-0.2, -0.15) is 0 Å². The fourth-order valence-corrected chi connectivity index (χ4v) is 5.17. The summed E-state index contributed by atoms with van der Waals surface area (Å²) >= 11 is 0. The van der Waals surface area contributed by atoms with E-state index in [2.05, 4.69) is 45.0 Å². The van der Waals surface area contributed by atoms with Crippen molar-refractivity contribution < 1.29 is 13.2 Å². The van der Waals surface area contributed by atoms with Crippen LogP contribution in [0.1, 0.15) is 56.3 Å². The lowest BCUT2D eigenvalue weighted by atomic mass is 9.86. The molecule has 0 bridgehead atoms. The molecule has 0 aliphatic carbocycles. The molecule has 0 aromatic heterocycles. The van der Waals surface area contributed by atoms with Crippen LogP contribution in [-0.2, 0) is 26.7 Å². The number of carbonyl (C=O) groups excluding carboxylic acids is 1. The molecule has 1 fully saturated rings. The van der Waals surface area contributed by atoms with Crippen molar-refractivity contribution in [2.45, 2.75) is 56.4 Å². The van der Waals surface area contributed by atoms with Crippen LogP contribution in [0.2, 0.25) is 0 Å². The Morgan fingerprint density at radius 1 is 1.10 bits per heavy atom. The van der Waals surface area contributed by atoms with Crippen LogP contribution in [-0.4, -0.2) is 38.9 Å². The Hall–Kier alpha value is -2.38. The van der Waals surface area contributed by atoms with Gasteiger partial charge in [0, 0.05) is 18.8 Å². The van der Waals surface area contributed by atoms with E-state index >= 15 is 0 Å². The van der Waals surface area contributed by atoms with E-state index < -0.39 is 10.0 Å². The second-order valence-electron chi connectivity index (χ2n) is 9.62. The monoisotopic (exact) mass is 441 g/mol. The van der Waals surface area contributed by atoms with Gasteiger partial charge in [0.1, 0.15) is 0 Å². The zero-order chi connectivity index (χ0) is 22.4. The molecule has 2 N–H and O–H groups in total. The number of nitrogens with two attached hydrogens (primary N) is 1. The van der Waals surface area contributed by atoms with Crippen LogP contribution in [0.5, 0.6) is 0 Å². The topological polar surface area (TPSA) is 83.7 Å². The fourth-order valence-electron chi connectivity index (χ4n) is 4.64. The Labute approximate surface area is 185 Å². The number of hydrogen-bond donors (Lipinski definition) is 1. The van der Waals surface area contributed by atoms with Gasteiger partial charge in [0.15, 0.2) is 0 Å². The van der Waals surface area contributed by atoms with Crippen molar-refractivity contribution in [3.63, 3.8) is 0 Å². The van der Waals surface area contributed by atoms with Crippen molar-refractivity contribution in [3.8, 4) is 0 Å². The van der Waals surface area contributed by atoms with E-state index in [0.29, 0.717) is 6.54 Å². The molecule has 2 heterocycles. The number of primary sulfonamides is 1. The van der Waals surface area contributed by atoms with Crippen LogP contribution in [0.3, 0.4) is 0 Å². The van der Waals surface area contributed by atoms with Crippen LogP contribution in [0.4, 0.5) is 5.69 Å². The highest BCUT2D eigenvalue weighted by molar-refractivity contribution is 7.89. The first-order valence-corrected chi connectivity index (χ1v) is 12.4. The van der Waals surface area contributed by atoms with Gasteiger partial charge >= 0.3 is 0 Å². The number of sulfonamides is 1. The number of carbonyl (C=O) groups is 1. The molecule has 0 saturated carbocycles. The highest BCUT2D eigenvalue weighted by atomic mass is 32.2. The maximum Gasteiger partial charge on any atom is 0.242 e. The van der Waals surface area contributed by atoms with Crippen LogP contribution in [0.15, 0.2) is 47.4 Å². The Bertz CT molecular complexity index is 1090. The first-order valence-electron chi connectivity index (χ1n) is 10.8. The van der Waals surface area contributed by atoms with Crippen LogP contribution < -0.4 is 10.0 Å². The minimum absolute atomic E-state index is 0.0799. The van der Waals surface area contributed by atoms with E-state index in [1.807, 2.05) is 9.80 Å². The van der Waals surface area contributed by atoms with Gasteiger partial charge in [0.05, 0.1) is 17.5 Å². The third-order valence-corrected chi connectivity index (χ3v) is 7.35. The third kappa shape index (κ3) is 4.48. The second-order valence-corrected chi connectivity index (χ2v) is 11.2. The summed E-state index contributed by atoms with van der Waals surface area (Å²) in [5.74, 6) is 0.0799. The molecule has 2 aliphatic rings. The molecule has 6 nitrogen and oxygen atoms in total. The van der Waals surface area contributed by atoms with Gasteiger partial charge in [-0.25, -0.2) is 13.6 Å². The number of fused-ring (bicyclic) bond motifs is 1. The van der Waals surface area contributed by atoms with Crippen LogP contribution in [0.25, 0.3) is 0 Å². The van der Waals surface area contributed by atoms with E-state index in [1.165, 1.54) is 17.2 Å². The normalized spacial score (nSPS) is 19.0. The number of rotatable bonds is 4.